The summed E-state index contributed by atoms with van der Waals surface area (Å²) in [5.41, 5.74) is 7.91. The molecule has 1 rings (SSSR count). The zero-order valence-corrected chi connectivity index (χ0v) is 12.8. The maximum atomic E-state index is 12.0. The van der Waals surface area contributed by atoms with Gasteiger partial charge in [-0.15, -0.1) is 0 Å². The Morgan fingerprint density at radius 3 is 2.78 bits per heavy atom. The Morgan fingerprint density at radius 2 is 2.17 bits per heavy atom. The van der Waals surface area contributed by atoms with Crippen molar-refractivity contribution in [2.45, 2.75) is 26.8 Å². The maximum Gasteiger partial charge on any atom is 0.222 e. The molecule has 0 aromatic heterocycles. The minimum Gasteiger partial charge on any atom is -0.341 e. The second-order valence-electron chi connectivity index (χ2n) is 4.87. The van der Waals surface area contributed by atoms with Gasteiger partial charge in [-0.1, -0.05) is 28.9 Å². The minimum atomic E-state index is 0.146. The molecule has 4 heteroatoms. The Bertz CT molecular complexity index is 420. The first kappa shape index (κ1) is 15.2. The van der Waals surface area contributed by atoms with Gasteiger partial charge in [0, 0.05) is 24.5 Å². The number of halogens is 1. The third-order valence-corrected chi connectivity index (χ3v) is 3.56. The van der Waals surface area contributed by atoms with Crippen LogP contribution in [-0.2, 0) is 11.3 Å². The van der Waals surface area contributed by atoms with Crippen LogP contribution in [0.25, 0.3) is 0 Å². The SMILES string of the molecule is Cc1ccc(Br)cc1CN(C)C(=O)CC(C)CN. The molecule has 1 aromatic carbocycles. The summed E-state index contributed by atoms with van der Waals surface area (Å²) in [5, 5.41) is 0. The van der Waals surface area contributed by atoms with Crippen LogP contribution in [0, 0.1) is 12.8 Å². The van der Waals surface area contributed by atoms with E-state index < -0.39 is 0 Å². The molecule has 1 unspecified atom stereocenters. The number of hydrogen-bond donors (Lipinski definition) is 1. The summed E-state index contributed by atoms with van der Waals surface area (Å²) in [4.78, 5) is 13.7. The van der Waals surface area contributed by atoms with Crippen molar-refractivity contribution >= 4 is 21.8 Å². The van der Waals surface area contributed by atoms with Gasteiger partial charge < -0.3 is 10.6 Å². The fourth-order valence-corrected chi connectivity index (χ4v) is 2.10. The van der Waals surface area contributed by atoms with Gasteiger partial charge in [0.15, 0.2) is 0 Å². The molecular weight excluding hydrogens is 292 g/mol. The van der Waals surface area contributed by atoms with Gasteiger partial charge in [0.25, 0.3) is 0 Å². The average Bonchev–Trinajstić information content (AvgIpc) is 2.33. The van der Waals surface area contributed by atoms with Crippen LogP contribution in [0.1, 0.15) is 24.5 Å². The van der Waals surface area contributed by atoms with E-state index in [0.717, 1.165) is 4.47 Å². The Morgan fingerprint density at radius 1 is 1.50 bits per heavy atom. The van der Waals surface area contributed by atoms with Crippen molar-refractivity contribution < 1.29 is 4.79 Å². The first-order chi connectivity index (χ1) is 8.43. The smallest absolute Gasteiger partial charge is 0.222 e. The van der Waals surface area contributed by atoms with Crippen LogP contribution in [0.5, 0.6) is 0 Å². The molecule has 100 valence electrons. The Kier molecular flexibility index (Phi) is 5.82. The molecule has 0 aliphatic rings. The van der Waals surface area contributed by atoms with Crippen LogP contribution in [0.4, 0.5) is 0 Å². The Balaban J connectivity index is 2.66. The van der Waals surface area contributed by atoms with Crippen LogP contribution in [-0.4, -0.2) is 24.4 Å². The minimum absolute atomic E-state index is 0.146. The van der Waals surface area contributed by atoms with Crippen LogP contribution in [0.3, 0.4) is 0 Å². The van der Waals surface area contributed by atoms with E-state index in [1.165, 1.54) is 11.1 Å². The molecule has 0 radical (unpaired) electrons. The van der Waals surface area contributed by atoms with Crippen LogP contribution in [0.15, 0.2) is 22.7 Å². The van der Waals surface area contributed by atoms with Crippen molar-refractivity contribution in [2.24, 2.45) is 11.7 Å². The number of amides is 1. The molecule has 18 heavy (non-hydrogen) atoms. The van der Waals surface area contributed by atoms with E-state index in [2.05, 4.69) is 35.0 Å². The molecule has 1 atom stereocenters. The number of hydrogen-bond acceptors (Lipinski definition) is 2. The first-order valence-electron chi connectivity index (χ1n) is 6.13. The van der Waals surface area contributed by atoms with Crippen molar-refractivity contribution in [1.82, 2.24) is 4.90 Å². The van der Waals surface area contributed by atoms with E-state index in [-0.39, 0.29) is 11.8 Å². The van der Waals surface area contributed by atoms with Gasteiger partial charge >= 0.3 is 0 Å². The lowest BCUT2D eigenvalue weighted by molar-refractivity contribution is -0.131. The molecule has 0 fully saturated rings. The molecule has 0 saturated heterocycles. The highest BCUT2D eigenvalue weighted by Gasteiger charge is 2.13. The topological polar surface area (TPSA) is 46.3 Å². The highest BCUT2D eigenvalue weighted by atomic mass is 79.9. The zero-order valence-electron chi connectivity index (χ0n) is 11.2. The van der Waals surface area contributed by atoms with Gasteiger partial charge in [0.1, 0.15) is 0 Å². The zero-order chi connectivity index (χ0) is 13.7. The summed E-state index contributed by atoms with van der Waals surface area (Å²) in [7, 11) is 1.84. The second kappa shape index (κ2) is 6.90. The largest absolute Gasteiger partial charge is 0.341 e. The number of benzene rings is 1. The summed E-state index contributed by atoms with van der Waals surface area (Å²) in [5.74, 6) is 0.385. The molecular formula is C14H21BrN2O. The highest BCUT2D eigenvalue weighted by molar-refractivity contribution is 9.10. The van der Waals surface area contributed by atoms with Gasteiger partial charge in [-0.2, -0.15) is 0 Å². The van der Waals surface area contributed by atoms with Gasteiger partial charge in [0.05, 0.1) is 0 Å². The quantitative estimate of drug-likeness (QED) is 0.908. The van der Waals surface area contributed by atoms with E-state index >= 15 is 0 Å². The lowest BCUT2D eigenvalue weighted by atomic mass is 10.1. The molecule has 1 aromatic rings. The van der Waals surface area contributed by atoms with E-state index in [9.17, 15) is 4.79 Å². The fourth-order valence-electron chi connectivity index (χ4n) is 1.69. The van der Waals surface area contributed by atoms with Gasteiger partial charge in [-0.05, 0) is 42.6 Å². The standard InChI is InChI=1S/C14H21BrN2O/c1-10(8-16)6-14(18)17(3)9-12-7-13(15)5-4-11(12)2/h4-5,7,10H,6,8-9,16H2,1-3H3. The van der Waals surface area contributed by atoms with E-state index in [1.807, 2.05) is 20.0 Å². The van der Waals surface area contributed by atoms with E-state index in [1.54, 1.807) is 4.90 Å². The molecule has 0 heterocycles. The predicted molar refractivity (Wildman–Crippen MR) is 78.2 cm³/mol. The molecule has 1 amide bonds. The molecule has 0 saturated carbocycles. The van der Waals surface area contributed by atoms with E-state index in [0.29, 0.717) is 19.5 Å². The summed E-state index contributed by atoms with van der Waals surface area (Å²) >= 11 is 3.45. The van der Waals surface area contributed by atoms with Crippen molar-refractivity contribution in [2.75, 3.05) is 13.6 Å². The Hall–Kier alpha value is -0.870. The molecule has 0 spiro atoms. The van der Waals surface area contributed by atoms with Crippen molar-refractivity contribution in [3.63, 3.8) is 0 Å². The normalized spacial score (nSPS) is 12.3. The fraction of sp³-hybridized carbons (Fsp3) is 0.500. The molecule has 2 N–H and O–H groups in total. The van der Waals surface area contributed by atoms with Crippen LogP contribution >= 0.6 is 15.9 Å². The predicted octanol–water partition coefficient (Wildman–Crippen LogP) is 2.70. The van der Waals surface area contributed by atoms with Gasteiger partial charge in [0.2, 0.25) is 5.91 Å². The number of nitrogens with two attached hydrogens (primary N) is 1. The summed E-state index contributed by atoms with van der Waals surface area (Å²) < 4.78 is 1.04. The lowest BCUT2D eigenvalue weighted by Crippen LogP contribution is -2.29. The number of aryl methyl sites for hydroxylation is 1. The summed E-state index contributed by atoms with van der Waals surface area (Å²) in [6, 6.07) is 6.13. The van der Waals surface area contributed by atoms with Crippen LogP contribution in [0.2, 0.25) is 0 Å². The average molecular weight is 313 g/mol. The maximum absolute atomic E-state index is 12.0. The van der Waals surface area contributed by atoms with Crippen molar-refractivity contribution in [1.29, 1.82) is 0 Å². The highest BCUT2D eigenvalue weighted by Crippen LogP contribution is 2.18. The van der Waals surface area contributed by atoms with Crippen LogP contribution < -0.4 is 5.73 Å². The second-order valence-corrected chi connectivity index (χ2v) is 5.78. The summed E-state index contributed by atoms with van der Waals surface area (Å²) in [6.45, 7) is 5.25. The lowest BCUT2D eigenvalue weighted by Gasteiger charge is -2.20. The monoisotopic (exact) mass is 312 g/mol. The third-order valence-electron chi connectivity index (χ3n) is 3.07. The van der Waals surface area contributed by atoms with Crippen molar-refractivity contribution in [3.05, 3.63) is 33.8 Å². The number of carbonyl (C=O) groups excluding carboxylic acids is 1. The molecule has 0 bridgehead atoms. The Labute approximate surface area is 117 Å². The third kappa shape index (κ3) is 4.42. The van der Waals surface area contributed by atoms with E-state index in [4.69, 9.17) is 5.73 Å². The molecule has 0 aliphatic heterocycles. The van der Waals surface area contributed by atoms with Crippen molar-refractivity contribution in [3.8, 4) is 0 Å². The number of rotatable bonds is 5. The number of carbonyl (C=O) groups is 1. The van der Waals surface area contributed by atoms with Gasteiger partial charge in [-0.3, -0.25) is 4.79 Å². The number of nitrogens with zero attached hydrogens (tertiary/aromatic N) is 1. The molecule has 3 nitrogen and oxygen atoms in total. The summed E-state index contributed by atoms with van der Waals surface area (Å²) in [6.07, 6.45) is 0.514. The van der Waals surface area contributed by atoms with Gasteiger partial charge in [-0.25, -0.2) is 0 Å². The first-order valence-corrected chi connectivity index (χ1v) is 6.92. The molecule has 0 aliphatic carbocycles.